The Bertz CT molecular complexity index is 988. The van der Waals surface area contributed by atoms with Gasteiger partial charge in [-0.25, -0.2) is 9.37 Å². The highest BCUT2D eigenvalue weighted by atomic mass is 19.1. The molecule has 0 radical (unpaired) electrons. The summed E-state index contributed by atoms with van der Waals surface area (Å²) in [6.45, 7) is 6.20. The Morgan fingerprint density at radius 1 is 1.23 bits per heavy atom. The fourth-order valence-electron chi connectivity index (χ4n) is 3.99. The SMILES string of the molecule is Cc1cc(Nc2ncc(F)c(NC3C=C[C@@H](C(N)=O)C3)n2)ccc1N1CCN(C)CC1. The van der Waals surface area contributed by atoms with E-state index in [4.69, 9.17) is 5.73 Å². The number of likely N-dealkylation sites (N-methyl/N-ethyl adjacent to an activating group) is 1. The standard InChI is InChI=1S/C22H28FN7O/c1-14-11-16(5-6-19(14)30-9-7-29(2)8-10-30)27-22-25-13-18(23)21(28-22)26-17-4-3-15(12-17)20(24)31/h3-6,11,13,15,17H,7-10,12H2,1-2H3,(H2,24,31)(H2,25,26,27,28)/t15-,17?/m1/s1. The highest BCUT2D eigenvalue weighted by molar-refractivity contribution is 5.79. The molecular formula is C22H28FN7O. The molecule has 1 aliphatic carbocycles. The molecule has 9 heteroatoms. The Kier molecular flexibility index (Phi) is 6.03. The van der Waals surface area contributed by atoms with Crippen LogP contribution in [0.1, 0.15) is 12.0 Å². The van der Waals surface area contributed by atoms with Gasteiger partial charge in [-0.15, -0.1) is 0 Å². The van der Waals surface area contributed by atoms with E-state index in [0.717, 1.165) is 43.6 Å². The van der Waals surface area contributed by atoms with Crippen LogP contribution in [0.15, 0.2) is 36.5 Å². The average Bonchev–Trinajstić information content (AvgIpc) is 3.21. The number of benzene rings is 1. The van der Waals surface area contributed by atoms with Gasteiger partial charge in [0, 0.05) is 43.6 Å². The number of nitrogens with zero attached hydrogens (tertiary/aromatic N) is 4. The van der Waals surface area contributed by atoms with Crippen molar-refractivity contribution in [1.29, 1.82) is 0 Å². The molecule has 31 heavy (non-hydrogen) atoms. The van der Waals surface area contributed by atoms with Gasteiger partial charge < -0.3 is 26.2 Å². The van der Waals surface area contributed by atoms with Gasteiger partial charge in [-0.2, -0.15) is 4.98 Å². The second-order valence-electron chi connectivity index (χ2n) is 8.19. The zero-order chi connectivity index (χ0) is 22.0. The lowest BCUT2D eigenvalue weighted by Crippen LogP contribution is -2.44. The van der Waals surface area contributed by atoms with Crippen molar-refractivity contribution in [2.45, 2.75) is 19.4 Å². The number of halogens is 1. The van der Waals surface area contributed by atoms with Gasteiger partial charge in [-0.3, -0.25) is 4.79 Å². The first kappa shape index (κ1) is 21.0. The summed E-state index contributed by atoms with van der Waals surface area (Å²) in [5.74, 6) is -0.904. The Morgan fingerprint density at radius 3 is 2.68 bits per heavy atom. The van der Waals surface area contributed by atoms with Gasteiger partial charge in [0.2, 0.25) is 11.9 Å². The van der Waals surface area contributed by atoms with Crippen molar-refractivity contribution in [1.82, 2.24) is 14.9 Å². The smallest absolute Gasteiger partial charge is 0.229 e. The minimum atomic E-state index is -0.553. The minimum Gasteiger partial charge on any atom is -0.369 e. The molecule has 0 saturated carbocycles. The second kappa shape index (κ2) is 8.89. The third-order valence-corrected chi connectivity index (χ3v) is 5.81. The Balaban J connectivity index is 1.43. The molecule has 1 amide bonds. The molecule has 2 aliphatic rings. The molecule has 1 aliphatic heterocycles. The van der Waals surface area contributed by atoms with Gasteiger partial charge in [0.05, 0.1) is 12.1 Å². The highest BCUT2D eigenvalue weighted by Crippen LogP contribution is 2.27. The lowest BCUT2D eigenvalue weighted by Gasteiger charge is -2.35. The molecule has 1 aromatic heterocycles. The van der Waals surface area contributed by atoms with Crippen LogP contribution in [0.2, 0.25) is 0 Å². The van der Waals surface area contributed by atoms with E-state index in [9.17, 15) is 9.18 Å². The number of carbonyl (C=O) groups excluding carboxylic acids is 1. The Labute approximate surface area is 181 Å². The summed E-state index contributed by atoms with van der Waals surface area (Å²) in [4.78, 5) is 24.4. The third-order valence-electron chi connectivity index (χ3n) is 5.81. The van der Waals surface area contributed by atoms with Crippen LogP contribution in [0.25, 0.3) is 0 Å². The molecule has 1 unspecified atom stereocenters. The van der Waals surface area contributed by atoms with Crippen molar-refractivity contribution in [3.63, 3.8) is 0 Å². The quantitative estimate of drug-likeness (QED) is 0.611. The largest absolute Gasteiger partial charge is 0.369 e. The van der Waals surface area contributed by atoms with Crippen molar-refractivity contribution in [3.8, 4) is 0 Å². The van der Waals surface area contributed by atoms with Crippen molar-refractivity contribution < 1.29 is 9.18 Å². The van der Waals surface area contributed by atoms with E-state index in [-0.39, 0.29) is 23.7 Å². The van der Waals surface area contributed by atoms with Gasteiger partial charge in [0.15, 0.2) is 11.6 Å². The second-order valence-corrected chi connectivity index (χ2v) is 8.19. The maximum atomic E-state index is 14.2. The number of hydrogen-bond acceptors (Lipinski definition) is 7. The van der Waals surface area contributed by atoms with Crippen molar-refractivity contribution in [2.24, 2.45) is 11.7 Å². The first-order chi connectivity index (χ1) is 14.9. The molecular weight excluding hydrogens is 397 g/mol. The zero-order valence-corrected chi connectivity index (χ0v) is 17.8. The van der Waals surface area contributed by atoms with Gasteiger partial charge in [-0.05, 0) is 44.2 Å². The van der Waals surface area contributed by atoms with Crippen LogP contribution >= 0.6 is 0 Å². The molecule has 4 rings (SSSR count). The maximum absolute atomic E-state index is 14.2. The number of aromatic nitrogens is 2. The first-order valence-corrected chi connectivity index (χ1v) is 10.5. The molecule has 4 N–H and O–H groups in total. The van der Waals surface area contributed by atoms with Gasteiger partial charge in [-0.1, -0.05) is 12.2 Å². The monoisotopic (exact) mass is 425 g/mol. The number of nitrogens with one attached hydrogen (secondary N) is 2. The molecule has 2 atom stereocenters. The van der Waals surface area contributed by atoms with E-state index in [1.165, 1.54) is 5.69 Å². The minimum absolute atomic E-state index is 0.0862. The number of piperazine rings is 1. The van der Waals surface area contributed by atoms with Gasteiger partial charge in [0.1, 0.15) is 0 Å². The number of carbonyl (C=O) groups is 1. The predicted octanol–water partition coefficient (Wildman–Crippen LogP) is 2.26. The molecule has 0 spiro atoms. The van der Waals surface area contributed by atoms with Crippen LogP contribution < -0.4 is 21.3 Å². The zero-order valence-electron chi connectivity index (χ0n) is 17.8. The first-order valence-electron chi connectivity index (χ1n) is 10.5. The summed E-state index contributed by atoms with van der Waals surface area (Å²) in [6, 6.07) is 5.92. The van der Waals surface area contributed by atoms with Crippen molar-refractivity contribution in [2.75, 3.05) is 48.8 Å². The number of aryl methyl sites for hydroxylation is 1. The van der Waals surface area contributed by atoms with E-state index in [2.05, 4.69) is 50.4 Å². The summed E-state index contributed by atoms with van der Waals surface area (Å²) in [5.41, 5.74) is 8.55. The third kappa shape index (κ3) is 4.93. The molecule has 1 aromatic carbocycles. The van der Waals surface area contributed by atoms with Crippen LogP contribution in [0, 0.1) is 18.7 Å². The summed E-state index contributed by atoms with van der Waals surface area (Å²) in [5, 5.41) is 6.17. The maximum Gasteiger partial charge on any atom is 0.229 e. The summed E-state index contributed by atoms with van der Waals surface area (Å²) in [6.07, 6.45) is 5.16. The number of hydrogen-bond donors (Lipinski definition) is 3. The normalized spacial score (nSPS) is 21.3. The molecule has 1 saturated heterocycles. The Morgan fingerprint density at radius 2 is 2.00 bits per heavy atom. The number of rotatable bonds is 6. The molecule has 1 fully saturated rings. The fourth-order valence-corrected chi connectivity index (χ4v) is 3.99. The summed E-state index contributed by atoms with van der Waals surface area (Å²) < 4.78 is 14.2. The average molecular weight is 426 g/mol. The van der Waals surface area contributed by atoms with Crippen LogP contribution in [0.4, 0.5) is 27.5 Å². The van der Waals surface area contributed by atoms with Gasteiger partial charge >= 0.3 is 0 Å². The number of primary amides is 1. The highest BCUT2D eigenvalue weighted by Gasteiger charge is 2.24. The molecule has 8 nitrogen and oxygen atoms in total. The molecule has 0 bridgehead atoms. The molecule has 2 aromatic rings. The van der Waals surface area contributed by atoms with Crippen LogP contribution in [0.5, 0.6) is 0 Å². The summed E-state index contributed by atoms with van der Waals surface area (Å²) in [7, 11) is 2.14. The number of amides is 1. The van der Waals surface area contributed by atoms with E-state index in [1.54, 1.807) is 6.08 Å². The van der Waals surface area contributed by atoms with E-state index >= 15 is 0 Å². The van der Waals surface area contributed by atoms with Crippen LogP contribution in [-0.4, -0.2) is 60.0 Å². The van der Waals surface area contributed by atoms with Crippen LogP contribution in [-0.2, 0) is 4.79 Å². The Hall–Kier alpha value is -3.20. The van der Waals surface area contributed by atoms with Crippen molar-refractivity contribution >= 4 is 29.0 Å². The molecule has 164 valence electrons. The van der Waals surface area contributed by atoms with Crippen LogP contribution in [0.3, 0.4) is 0 Å². The van der Waals surface area contributed by atoms with Crippen molar-refractivity contribution in [3.05, 3.63) is 47.9 Å². The number of nitrogens with two attached hydrogens (primary N) is 1. The van der Waals surface area contributed by atoms with E-state index in [0.29, 0.717) is 12.4 Å². The fraction of sp³-hybridized carbons (Fsp3) is 0.409. The van der Waals surface area contributed by atoms with E-state index in [1.807, 2.05) is 18.2 Å². The summed E-state index contributed by atoms with van der Waals surface area (Å²) >= 11 is 0. The lowest BCUT2D eigenvalue weighted by atomic mass is 10.1. The van der Waals surface area contributed by atoms with Gasteiger partial charge in [0.25, 0.3) is 0 Å². The molecule has 2 heterocycles. The number of anilines is 4. The lowest BCUT2D eigenvalue weighted by molar-refractivity contribution is -0.120. The predicted molar refractivity (Wildman–Crippen MR) is 120 cm³/mol. The topological polar surface area (TPSA) is 99.4 Å². The van der Waals surface area contributed by atoms with E-state index < -0.39 is 5.82 Å².